The number of carbonyl (C=O) groups is 2. The first-order valence-electron chi connectivity index (χ1n) is 4.61. The van der Waals surface area contributed by atoms with Crippen molar-refractivity contribution in [2.24, 2.45) is 5.73 Å². The van der Waals surface area contributed by atoms with Crippen molar-refractivity contribution in [1.82, 2.24) is 0 Å². The summed E-state index contributed by atoms with van der Waals surface area (Å²) in [6.07, 6.45) is 0. The van der Waals surface area contributed by atoms with Gasteiger partial charge in [0, 0.05) is 4.70 Å². The Morgan fingerprint density at radius 1 is 1.31 bits per heavy atom. The van der Waals surface area contributed by atoms with Crippen molar-refractivity contribution in [2.75, 3.05) is 6.61 Å². The van der Waals surface area contributed by atoms with Crippen LogP contribution < -0.4 is 5.73 Å². The lowest BCUT2D eigenvalue weighted by Crippen LogP contribution is -2.20. The molecule has 0 saturated heterocycles. The molecule has 82 valence electrons. The summed E-state index contributed by atoms with van der Waals surface area (Å²) in [6.45, 7) is -0.382. The van der Waals surface area contributed by atoms with E-state index in [2.05, 4.69) is 0 Å². The van der Waals surface area contributed by atoms with E-state index < -0.39 is 11.9 Å². The molecule has 0 aliphatic heterocycles. The molecular formula is C11H9NO3S. The highest BCUT2D eigenvalue weighted by Gasteiger charge is 2.12. The summed E-state index contributed by atoms with van der Waals surface area (Å²) >= 11 is 1.33. The van der Waals surface area contributed by atoms with Crippen LogP contribution in [0.15, 0.2) is 30.3 Å². The number of hydrogen-bond acceptors (Lipinski definition) is 4. The van der Waals surface area contributed by atoms with E-state index in [4.69, 9.17) is 10.5 Å². The van der Waals surface area contributed by atoms with E-state index in [1.165, 1.54) is 11.3 Å². The number of fused-ring (bicyclic) bond motifs is 1. The number of thiophene rings is 1. The molecule has 2 rings (SSSR count). The topological polar surface area (TPSA) is 69.4 Å². The first kappa shape index (κ1) is 10.6. The maximum Gasteiger partial charge on any atom is 0.348 e. The lowest BCUT2D eigenvalue weighted by Gasteiger charge is -1.97. The fourth-order valence-corrected chi connectivity index (χ4v) is 2.25. The van der Waals surface area contributed by atoms with Gasteiger partial charge < -0.3 is 10.5 Å². The zero-order valence-corrected chi connectivity index (χ0v) is 9.12. The Labute approximate surface area is 95.6 Å². The van der Waals surface area contributed by atoms with E-state index in [0.29, 0.717) is 4.88 Å². The SMILES string of the molecule is NC(=O)COC(=O)c1cc2ccccc2s1. The molecule has 1 aromatic heterocycles. The van der Waals surface area contributed by atoms with Gasteiger partial charge in [0.05, 0.1) is 0 Å². The summed E-state index contributed by atoms with van der Waals surface area (Å²) in [5.74, 6) is -1.17. The lowest BCUT2D eigenvalue weighted by atomic mass is 10.2. The van der Waals surface area contributed by atoms with E-state index in [1.54, 1.807) is 6.07 Å². The summed E-state index contributed by atoms with van der Waals surface area (Å²) in [4.78, 5) is 22.4. The van der Waals surface area contributed by atoms with E-state index in [9.17, 15) is 9.59 Å². The van der Waals surface area contributed by atoms with Crippen LogP contribution >= 0.6 is 11.3 Å². The normalized spacial score (nSPS) is 10.2. The fourth-order valence-electron chi connectivity index (χ4n) is 1.29. The highest BCUT2D eigenvalue weighted by molar-refractivity contribution is 7.20. The molecule has 0 atom stereocenters. The minimum atomic E-state index is -0.658. The van der Waals surface area contributed by atoms with Crippen LogP contribution in [0.3, 0.4) is 0 Å². The van der Waals surface area contributed by atoms with Crippen LogP contribution in [-0.4, -0.2) is 18.5 Å². The van der Waals surface area contributed by atoms with Crippen LogP contribution in [0.5, 0.6) is 0 Å². The third-order valence-corrected chi connectivity index (χ3v) is 3.07. The molecule has 0 bridgehead atoms. The molecule has 16 heavy (non-hydrogen) atoms. The summed E-state index contributed by atoms with van der Waals surface area (Å²) < 4.78 is 5.72. The van der Waals surface area contributed by atoms with Gasteiger partial charge in [0.15, 0.2) is 6.61 Å². The van der Waals surface area contributed by atoms with Crippen LogP contribution in [0, 0.1) is 0 Å². The van der Waals surface area contributed by atoms with E-state index in [-0.39, 0.29) is 6.61 Å². The van der Waals surface area contributed by atoms with Gasteiger partial charge in [0.25, 0.3) is 5.91 Å². The summed E-state index contributed by atoms with van der Waals surface area (Å²) in [5.41, 5.74) is 4.88. The second-order valence-electron chi connectivity index (χ2n) is 3.19. The highest BCUT2D eigenvalue weighted by Crippen LogP contribution is 2.25. The molecule has 1 heterocycles. The second-order valence-corrected chi connectivity index (χ2v) is 4.27. The Balaban J connectivity index is 2.20. The van der Waals surface area contributed by atoms with Gasteiger partial charge in [-0.05, 0) is 17.5 Å². The van der Waals surface area contributed by atoms with Gasteiger partial charge in [0.1, 0.15) is 4.88 Å². The zero-order chi connectivity index (χ0) is 11.5. The number of amides is 1. The quantitative estimate of drug-likeness (QED) is 0.820. The van der Waals surface area contributed by atoms with Gasteiger partial charge >= 0.3 is 5.97 Å². The summed E-state index contributed by atoms with van der Waals surface area (Å²) in [6, 6.07) is 9.37. The van der Waals surface area contributed by atoms with Crippen molar-refractivity contribution in [3.8, 4) is 0 Å². The van der Waals surface area contributed by atoms with Crippen molar-refractivity contribution in [1.29, 1.82) is 0 Å². The Morgan fingerprint density at radius 2 is 2.06 bits per heavy atom. The first-order chi connectivity index (χ1) is 7.66. The minimum Gasteiger partial charge on any atom is -0.451 e. The number of nitrogens with two attached hydrogens (primary N) is 1. The zero-order valence-electron chi connectivity index (χ0n) is 8.30. The third-order valence-electron chi connectivity index (χ3n) is 1.97. The predicted octanol–water partition coefficient (Wildman–Crippen LogP) is 1.54. The molecule has 0 saturated carbocycles. The summed E-state index contributed by atoms with van der Waals surface area (Å²) in [5, 5.41) is 0.985. The maximum atomic E-state index is 11.5. The molecule has 0 unspecified atom stereocenters. The predicted molar refractivity (Wildman–Crippen MR) is 61.3 cm³/mol. The van der Waals surface area contributed by atoms with Gasteiger partial charge in [-0.3, -0.25) is 4.79 Å². The number of rotatable bonds is 3. The van der Waals surface area contributed by atoms with Crippen molar-refractivity contribution < 1.29 is 14.3 Å². The highest BCUT2D eigenvalue weighted by atomic mass is 32.1. The van der Waals surface area contributed by atoms with Crippen LogP contribution in [-0.2, 0) is 9.53 Å². The van der Waals surface area contributed by atoms with Crippen molar-refractivity contribution >= 4 is 33.3 Å². The molecule has 2 N–H and O–H groups in total. The van der Waals surface area contributed by atoms with Gasteiger partial charge in [-0.15, -0.1) is 11.3 Å². The van der Waals surface area contributed by atoms with Crippen molar-refractivity contribution in [2.45, 2.75) is 0 Å². The fraction of sp³-hybridized carbons (Fsp3) is 0.0909. The molecule has 1 aromatic carbocycles. The third kappa shape index (κ3) is 2.20. The largest absolute Gasteiger partial charge is 0.451 e. The average Bonchev–Trinajstić information content (AvgIpc) is 2.69. The van der Waals surface area contributed by atoms with Gasteiger partial charge in [-0.2, -0.15) is 0 Å². The van der Waals surface area contributed by atoms with Gasteiger partial charge in [-0.1, -0.05) is 18.2 Å². The standard InChI is InChI=1S/C11H9NO3S/c12-10(13)6-15-11(14)9-5-7-3-1-2-4-8(7)16-9/h1-5H,6H2,(H2,12,13). The van der Waals surface area contributed by atoms with Crippen molar-refractivity contribution in [3.63, 3.8) is 0 Å². The van der Waals surface area contributed by atoms with E-state index >= 15 is 0 Å². The average molecular weight is 235 g/mol. The Kier molecular flexibility index (Phi) is 2.87. The number of benzene rings is 1. The van der Waals surface area contributed by atoms with Crippen LogP contribution in [0.25, 0.3) is 10.1 Å². The number of carbonyl (C=O) groups excluding carboxylic acids is 2. The van der Waals surface area contributed by atoms with Crippen LogP contribution in [0.2, 0.25) is 0 Å². The van der Waals surface area contributed by atoms with Gasteiger partial charge in [-0.25, -0.2) is 4.79 Å². The molecule has 0 aliphatic carbocycles. The molecule has 0 aliphatic rings. The monoisotopic (exact) mass is 235 g/mol. The molecule has 0 fully saturated rings. The number of ether oxygens (including phenoxy) is 1. The van der Waals surface area contributed by atoms with Crippen molar-refractivity contribution in [3.05, 3.63) is 35.2 Å². The Bertz CT molecular complexity index is 514. The molecule has 2 aromatic rings. The number of primary amides is 1. The smallest absolute Gasteiger partial charge is 0.348 e. The number of esters is 1. The second kappa shape index (κ2) is 4.32. The van der Waals surface area contributed by atoms with E-state index in [1.807, 2.05) is 24.3 Å². The van der Waals surface area contributed by atoms with Gasteiger partial charge in [0.2, 0.25) is 0 Å². The molecular weight excluding hydrogens is 226 g/mol. The minimum absolute atomic E-state index is 0.382. The maximum absolute atomic E-state index is 11.5. The van der Waals surface area contributed by atoms with Crippen LogP contribution in [0.4, 0.5) is 0 Å². The Morgan fingerprint density at radius 3 is 2.75 bits per heavy atom. The van der Waals surface area contributed by atoms with Crippen LogP contribution in [0.1, 0.15) is 9.67 Å². The molecule has 4 nitrogen and oxygen atoms in total. The molecule has 0 radical (unpaired) electrons. The first-order valence-corrected chi connectivity index (χ1v) is 5.42. The molecule has 5 heteroatoms. The number of hydrogen-bond donors (Lipinski definition) is 1. The lowest BCUT2D eigenvalue weighted by molar-refractivity contribution is -0.121. The summed E-state index contributed by atoms with van der Waals surface area (Å²) in [7, 11) is 0. The Hall–Kier alpha value is -1.88. The molecule has 0 spiro atoms. The van der Waals surface area contributed by atoms with E-state index in [0.717, 1.165) is 10.1 Å². The molecule has 1 amide bonds.